The summed E-state index contributed by atoms with van der Waals surface area (Å²) in [4.78, 5) is 8.73. The zero-order valence-corrected chi connectivity index (χ0v) is 17.7. The number of hydrogen-bond donors (Lipinski definition) is 3. The smallest absolute Gasteiger partial charge is 0.218 e. The fraction of sp³-hybridized carbons (Fsp3) is 0.368. The highest BCUT2D eigenvalue weighted by molar-refractivity contribution is 14.0. The highest BCUT2D eigenvalue weighted by Gasteiger charge is 2.22. The molecule has 0 aliphatic rings. The van der Waals surface area contributed by atoms with Crippen molar-refractivity contribution >= 4 is 29.9 Å². The number of rotatable bonds is 7. The molecule has 3 N–H and O–H groups in total. The van der Waals surface area contributed by atoms with Crippen LogP contribution in [-0.2, 0) is 12.1 Å². The van der Waals surface area contributed by atoms with Crippen LogP contribution in [0.3, 0.4) is 0 Å². The minimum absolute atomic E-state index is 0. The van der Waals surface area contributed by atoms with Gasteiger partial charge >= 0.3 is 0 Å². The molecule has 0 saturated heterocycles. The number of hydrogen-bond acceptors (Lipinski definition) is 4. The van der Waals surface area contributed by atoms with Crippen LogP contribution in [0, 0.1) is 0 Å². The van der Waals surface area contributed by atoms with Gasteiger partial charge < -0.3 is 20.5 Å². The molecule has 1 aromatic carbocycles. The van der Waals surface area contributed by atoms with Crippen molar-refractivity contribution in [3.63, 3.8) is 0 Å². The molecular weight excluding hydrogens is 443 g/mol. The predicted molar refractivity (Wildman–Crippen MR) is 115 cm³/mol. The summed E-state index contributed by atoms with van der Waals surface area (Å²) in [7, 11) is 1.59. The number of methoxy groups -OCH3 is 1. The molecule has 0 radical (unpaired) electrons. The van der Waals surface area contributed by atoms with Gasteiger partial charge in [-0.3, -0.25) is 0 Å². The summed E-state index contributed by atoms with van der Waals surface area (Å²) in [6, 6.07) is 13.4. The van der Waals surface area contributed by atoms with E-state index in [-0.39, 0.29) is 24.0 Å². The summed E-state index contributed by atoms with van der Waals surface area (Å²) in [5.74, 6) is 1.20. The van der Waals surface area contributed by atoms with Crippen LogP contribution in [-0.4, -0.2) is 36.2 Å². The lowest BCUT2D eigenvalue weighted by Crippen LogP contribution is -2.44. The van der Waals surface area contributed by atoms with E-state index < -0.39 is 5.60 Å². The quantitative estimate of drug-likeness (QED) is 0.330. The molecular formula is C19H27IN4O2. The van der Waals surface area contributed by atoms with E-state index in [9.17, 15) is 5.11 Å². The Morgan fingerprint density at radius 3 is 2.58 bits per heavy atom. The van der Waals surface area contributed by atoms with Crippen LogP contribution in [0.15, 0.2) is 53.7 Å². The van der Waals surface area contributed by atoms with Gasteiger partial charge in [0.25, 0.3) is 0 Å². The first-order chi connectivity index (χ1) is 12.1. The van der Waals surface area contributed by atoms with Crippen molar-refractivity contribution in [3.05, 3.63) is 59.8 Å². The van der Waals surface area contributed by atoms with Crippen molar-refractivity contribution in [2.24, 2.45) is 4.99 Å². The number of aliphatic imine (C=N–C) groups is 1. The van der Waals surface area contributed by atoms with Crippen LogP contribution in [0.1, 0.15) is 25.0 Å². The van der Waals surface area contributed by atoms with Crippen molar-refractivity contribution in [2.75, 3.05) is 20.2 Å². The average Bonchev–Trinajstić information content (AvgIpc) is 2.65. The molecule has 1 heterocycles. The average molecular weight is 470 g/mol. The predicted octanol–water partition coefficient (Wildman–Crippen LogP) is 2.67. The Morgan fingerprint density at radius 1 is 1.19 bits per heavy atom. The van der Waals surface area contributed by atoms with E-state index in [4.69, 9.17) is 4.74 Å². The Labute approximate surface area is 172 Å². The van der Waals surface area contributed by atoms with Crippen LogP contribution >= 0.6 is 24.0 Å². The highest BCUT2D eigenvalue weighted by atomic mass is 127. The fourth-order valence-electron chi connectivity index (χ4n) is 2.39. The Balaban J connectivity index is 0.00000338. The second-order valence-corrected chi connectivity index (χ2v) is 5.86. The zero-order chi connectivity index (χ0) is 18.1. The van der Waals surface area contributed by atoms with E-state index >= 15 is 0 Å². The molecule has 0 bridgehead atoms. The fourth-order valence-corrected chi connectivity index (χ4v) is 2.39. The number of ether oxygens (including phenoxy) is 1. The van der Waals surface area contributed by atoms with Crippen molar-refractivity contribution in [2.45, 2.75) is 26.0 Å². The summed E-state index contributed by atoms with van der Waals surface area (Å²) < 4.78 is 5.25. The van der Waals surface area contributed by atoms with Crippen LogP contribution in [0.5, 0.6) is 5.88 Å². The monoisotopic (exact) mass is 470 g/mol. The summed E-state index contributed by atoms with van der Waals surface area (Å²) >= 11 is 0. The number of halogens is 1. The maximum atomic E-state index is 10.7. The van der Waals surface area contributed by atoms with E-state index in [2.05, 4.69) is 20.6 Å². The summed E-state index contributed by atoms with van der Waals surface area (Å²) in [5, 5.41) is 17.1. The van der Waals surface area contributed by atoms with Gasteiger partial charge in [0.05, 0.1) is 20.2 Å². The number of pyridine rings is 1. The SMILES string of the molecule is CCNC(=NCc1cccnc1OC)NCC(C)(O)c1ccccc1.I. The molecule has 2 rings (SSSR count). The van der Waals surface area contributed by atoms with Crippen molar-refractivity contribution < 1.29 is 9.84 Å². The maximum Gasteiger partial charge on any atom is 0.218 e. The molecule has 0 saturated carbocycles. The van der Waals surface area contributed by atoms with Gasteiger partial charge in [0, 0.05) is 18.3 Å². The minimum Gasteiger partial charge on any atom is -0.481 e. The van der Waals surface area contributed by atoms with Gasteiger partial charge in [-0.25, -0.2) is 9.98 Å². The second kappa shape index (κ2) is 11.0. The zero-order valence-electron chi connectivity index (χ0n) is 15.4. The molecule has 0 aliphatic heterocycles. The third-order valence-corrected chi connectivity index (χ3v) is 3.79. The second-order valence-electron chi connectivity index (χ2n) is 5.86. The Hall–Kier alpha value is -1.87. The molecule has 1 aromatic heterocycles. The summed E-state index contributed by atoms with van der Waals surface area (Å²) in [5.41, 5.74) is 0.757. The van der Waals surface area contributed by atoms with Crippen molar-refractivity contribution in [1.82, 2.24) is 15.6 Å². The topological polar surface area (TPSA) is 78.8 Å². The molecule has 142 valence electrons. The lowest BCUT2D eigenvalue weighted by Gasteiger charge is -2.25. The number of guanidine groups is 1. The number of nitrogens with one attached hydrogen (secondary N) is 2. The maximum absolute atomic E-state index is 10.7. The van der Waals surface area contributed by atoms with Crippen LogP contribution in [0.25, 0.3) is 0 Å². The van der Waals surface area contributed by atoms with Gasteiger partial charge in [0.1, 0.15) is 5.60 Å². The van der Waals surface area contributed by atoms with Gasteiger partial charge in [-0.15, -0.1) is 24.0 Å². The third kappa shape index (κ3) is 6.45. The van der Waals surface area contributed by atoms with Gasteiger partial charge in [-0.2, -0.15) is 0 Å². The largest absolute Gasteiger partial charge is 0.481 e. The van der Waals surface area contributed by atoms with E-state index in [0.717, 1.165) is 17.7 Å². The molecule has 0 spiro atoms. The summed E-state index contributed by atoms with van der Waals surface area (Å²) in [6.07, 6.45) is 1.69. The minimum atomic E-state index is -0.997. The third-order valence-electron chi connectivity index (χ3n) is 3.79. The Morgan fingerprint density at radius 2 is 1.92 bits per heavy atom. The molecule has 0 fully saturated rings. The van der Waals surface area contributed by atoms with E-state index in [1.165, 1.54) is 0 Å². The molecule has 0 amide bonds. The lowest BCUT2D eigenvalue weighted by molar-refractivity contribution is 0.0617. The summed E-state index contributed by atoms with van der Waals surface area (Å²) in [6.45, 7) is 5.27. The van der Waals surface area contributed by atoms with Crippen molar-refractivity contribution in [3.8, 4) is 5.88 Å². The van der Waals surface area contributed by atoms with Gasteiger partial charge in [0.2, 0.25) is 5.88 Å². The van der Waals surface area contributed by atoms with Gasteiger partial charge in [-0.1, -0.05) is 36.4 Å². The first kappa shape index (κ1) is 22.2. The molecule has 26 heavy (non-hydrogen) atoms. The molecule has 1 unspecified atom stereocenters. The number of aromatic nitrogens is 1. The standard InChI is InChI=1S/C19H26N4O2.HI/c1-4-20-18(22-13-15-9-8-12-21-17(15)25-3)23-14-19(2,24)16-10-6-5-7-11-16;/h5-12,24H,4,13-14H2,1-3H3,(H2,20,22,23);1H. The lowest BCUT2D eigenvalue weighted by atomic mass is 9.96. The molecule has 1 atom stereocenters. The Bertz CT molecular complexity index is 693. The Kier molecular flexibility index (Phi) is 9.36. The first-order valence-corrected chi connectivity index (χ1v) is 8.34. The first-order valence-electron chi connectivity index (χ1n) is 8.34. The van der Waals surface area contributed by atoms with Gasteiger partial charge in [0.15, 0.2) is 5.96 Å². The molecule has 6 nitrogen and oxygen atoms in total. The normalized spacial score (nSPS) is 13.3. The van der Waals surface area contributed by atoms with Crippen LogP contribution < -0.4 is 15.4 Å². The van der Waals surface area contributed by atoms with E-state index in [1.807, 2.05) is 49.4 Å². The molecule has 2 aromatic rings. The van der Waals surface area contributed by atoms with E-state index in [1.54, 1.807) is 20.2 Å². The molecule has 0 aliphatic carbocycles. The van der Waals surface area contributed by atoms with Crippen LogP contribution in [0.4, 0.5) is 0 Å². The van der Waals surface area contributed by atoms with Gasteiger partial charge in [-0.05, 0) is 25.5 Å². The number of aliphatic hydroxyl groups is 1. The number of nitrogens with zero attached hydrogens (tertiary/aromatic N) is 2. The van der Waals surface area contributed by atoms with Crippen molar-refractivity contribution in [1.29, 1.82) is 0 Å². The molecule has 7 heteroatoms. The van der Waals surface area contributed by atoms with Crippen LogP contribution in [0.2, 0.25) is 0 Å². The number of benzene rings is 1. The highest BCUT2D eigenvalue weighted by Crippen LogP contribution is 2.19. The van der Waals surface area contributed by atoms with E-state index in [0.29, 0.717) is 24.9 Å².